The van der Waals surface area contributed by atoms with Gasteiger partial charge in [0.25, 0.3) is 5.91 Å². The van der Waals surface area contributed by atoms with Crippen molar-refractivity contribution in [3.63, 3.8) is 0 Å². The highest BCUT2D eigenvalue weighted by Gasteiger charge is 2.30. The monoisotopic (exact) mass is 428 g/mol. The first-order chi connectivity index (χ1) is 13.8. The van der Waals surface area contributed by atoms with Gasteiger partial charge >= 0.3 is 6.18 Å². The van der Waals surface area contributed by atoms with Crippen molar-refractivity contribution in [2.45, 2.75) is 38.1 Å². The summed E-state index contributed by atoms with van der Waals surface area (Å²) < 4.78 is 44.7. The van der Waals surface area contributed by atoms with Gasteiger partial charge in [-0.15, -0.1) is 0 Å². The Bertz CT molecular complexity index is 915. The predicted molar refractivity (Wildman–Crippen MR) is 100 cm³/mol. The van der Waals surface area contributed by atoms with Crippen molar-refractivity contribution in [3.05, 3.63) is 46.2 Å². The number of rotatable bonds is 4. The second-order valence-corrected chi connectivity index (χ2v) is 7.76. The Morgan fingerprint density at radius 3 is 2.93 bits per heavy atom. The molecule has 0 aliphatic carbocycles. The minimum absolute atomic E-state index is 0.0579. The Morgan fingerprint density at radius 1 is 1.31 bits per heavy atom. The maximum atomic E-state index is 12.6. The molecule has 6 nitrogen and oxygen atoms in total. The van der Waals surface area contributed by atoms with Gasteiger partial charge in [-0.3, -0.25) is 14.4 Å². The molecule has 1 N–H and O–H groups in total. The van der Waals surface area contributed by atoms with Gasteiger partial charge in [-0.25, -0.2) is 0 Å². The number of carbonyl (C=O) groups excluding carboxylic acids is 1. The molecule has 1 amide bonds. The molecule has 0 fully saturated rings. The average Bonchev–Trinajstić information content (AvgIpc) is 3.09. The lowest BCUT2D eigenvalue weighted by molar-refractivity contribution is -0.138. The lowest BCUT2D eigenvalue weighted by Crippen LogP contribution is -2.42. The molecule has 0 bridgehead atoms. The highest BCUT2D eigenvalue weighted by atomic mass is 35.5. The van der Waals surface area contributed by atoms with Gasteiger partial charge in [0.15, 0.2) is 5.69 Å². The molecule has 4 rings (SSSR count). The van der Waals surface area contributed by atoms with Crippen molar-refractivity contribution in [1.82, 2.24) is 20.0 Å². The summed E-state index contributed by atoms with van der Waals surface area (Å²) >= 11 is 6.02. The van der Waals surface area contributed by atoms with E-state index in [4.69, 9.17) is 16.3 Å². The van der Waals surface area contributed by atoms with Gasteiger partial charge in [0.1, 0.15) is 12.4 Å². The van der Waals surface area contributed by atoms with Crippen LogP contribution in [-0.2, 0) is 19.5 Å². The number of benzene rings is 1. The quantitative estimate of drug-likeness (QED) is 0.813. The van der Waals surface area contributed by atoms with E-state index < -0.39 is 12.6 Å². The van der Waals surface area contributed by atoms with Crippen LogP contribution in [0.2, 0.25) is 5.02 Å². The number of nitrogens with one attached hydrogen (secondary N) is 1. The summed E-state index contributed by atoms with van der Waals surface area (Å²) in [6, 6.07) is 6.82. The van der Waals surface area contributed by atoms with Crippen LogP contribution >= 0.6 is 11.6 Å². The van der Waals surface area contributed by atoms with Gasteiger partial charge in [-0.1, -0.05) is 11.6 Å². The number of carbonyl (C=O) groups is 1. The lowest BCUT2D eigenvalue weighted by atomic mass is 10.0. The van der Waals surface area contributed by atoms with E-state index in [1.54, 1.807) is 21.7 Å². The van der Waals surface area contributed by atoms with E-state index in [0.717, 1.165) is 17.0 Å². The van der Waals surface area contributed by atoms with Gasteiger partial charge in [-0.05, 0) is 36.2 Å². The topological polar surface area (TPSA) is 59.4 Å². The number of nitrogens with zero attached hydrogens (tertiary/aromatic N) is 3. The van der Waals surface area contributed by atoms with Crippen LogP contribution in [0.3, 0.4) is 0 Å². The highest BCUT2D eigenvalue weighted by molar-refractivity contribution is 6.30. The number of hydrogen-bond acceptors (Lipinski definition) is 4. The Morgan fingerprint density at radius 2 is 2.14 bits per heavy atom. The highest BCUT2D eigenvalue weighted by Crippen LogP contribution is 2.28. The molecule has 2 aliphatic rings. The molecule has 156 valence electrons. The van der Waals surface area contributed by atoms with Crippen molar-refractivity contribution in [2.24, 2.45) is 0 Å². The van der Waals surface area contributed by atoms with Gasteiger partial charge in [0, 0.05) is 24.7 Å². The fourth-order valence-electron chi connectivity index (χ4n) is 3.62. The predicted octanol–water partition coefficient (Wildman–Crippen LogP) is 3.04. The molecule has 3 heterocycles. The van der Waals surface area contributed by atoms with Crippen LogP contribution in [0.25, 0.3) is 0 Å². The van der Waals surface area contributed by atoms with Crippen LogP contribution < -0.4 is 10.1 Å². The van der Waals surface area contributed by atoms with Gasteiger partial charge in [0.2, 0.25) is 0 Å². The summed E-state index contributed by atoms with van der Waals surface area (Å²) in [5, 5.41) is 7.84. The van der Waals surface area contributed by atoms with Crippen LogP contribution in [0, 0.1) is 0 Å². The van der Waals surface area contributed by atoms with Crippen LogP contribution in [-0.4, -0.2) is 52.5 Å². The molecule has 2 aromatic rings. The number of amides is 1. The van der Waals surface area contributed by atoms with E-state index in [1.165, 1.54) is 0 Å². The second-order valence-electron chi connectivity index (χ2n) is 7.32. The minimum atomic E-state index is -4.17. The van der Waals surface area contributed by atoms with Crippen molar-refractivity contribution in [1.29, 1.82) is 0 Å². The summed E-state index contributed by atoms with van der Waals surface area (Å²) in [6.45, 7) is 1.56. The van der Waals surface area contributed by atoms with E-state index in [1.807, 2.05) is 12.1 Å². The van der Waals surface area contributed by atoms with E-state index in [0.29, 0.717) is 37.7 Å². The van der Waals surface area contributed by atoms with Gasteiger partial charge < -0.3 is 10.1 Å². The summed E-state index contributed by atoms with van der Waals surface area (Å²) in [6.07, 6.45) is -4.42. The lowest BCUT2D eigenvalue weighted by Gasteiger charge is -2.27. The molecule has 0 saturated heterocycles. The Balaban J connectivity index is 1.37. The third-order valence-corrected chi connectivity index (χ3v) is 5.32. The van der Waals surface area contributed by atoms with E-state index in [9.17, 15) is 18.0 Å². The number of alkyl halides is 3. The Labute approximate surface area is 170 Å². The standard InChI is InChI=1S/C19H20ClF3N4O2/c20-13-1-2-17-12(7-13)8-14(11-29-17)24-18(28)16-9-15-10-26(4-3-19(21,22)23)5-6-27(15)25-16/h1-2,7,9,14H,3-6,8,10-11H2,(H,24,28)/t14-/m1/s1. The third kappa shape index (κ3) is 4.84. The molecule has 2 aliphatic heterocycles. The van der Waals surface area contributed by atoms with Crippen molar-refractivity contribution < 1.29 is 22.7 Å². The zero-order valence-corrected chi connectivity index (χ0v) is 16.3. The fraction of sp³-hybridized carbons (Fsp3) is 0.474. The minimum Gasteiger partial charge on any atom is -0.491 e. The Kier molecular flexibility index (Phi) is 5.44. The fourth-order valence-corrected chi connectivity index (χ4v) is 3.82. The zero-order valence-electron chi connectivity index (χ0n) is 15.5. The first-order valence-electron chi connectivity index (χ1n) is 9.35. The number of halogens is 4. The summed E-state index contributed by atoms with van der Waals surface area (Å²) in [4.78, 5) is 14.3. The van der Waals surface area contributed by atoms with E-state index in [-0.39, 0.29) is 24.2 Å². The molecular weight excluding hydrogens is 409 g/mol. The first kappa shape index (κ1) is 20.0. The second kappa shape index (κ2) is 7.87. The number of fused-ring (bicyclic) bond motifs is 2. The number of aromatic nitrogens is 2. The van der Waals surface area contributed by atoms with Crippen LogP contribution in [0.1, 0.15) is 28.2 Å². The summed E-state index contributed by atoms with van der Waals surface area (Å²) in [5.74, 6) is 0.434. The van der Waals surface area contributed by atoms with E-state index in [2.05, 4.69) is 10.4 Å². The van der Waals surface area contributed by atoms with Crippen molar-refractivity contribution in [2.75, 3.05) is 19.7 Å². The van der Waals surface area contributed by atoms with Crippen molar-refractivity contribution in [3.8, 4) is 5.75 Å². The summed E-state index contributed by atoms with van der Waals surface area (Å²) in [5.41, 5.74) is 1.92. The van der Waals surface area contributed by atoms with Crippen LogP contribution in [0.15, 0.2) is 24.3 Å². The normalized spacial score (nSPS) is 19.2. The molecule has 1 aromatic carbocycles. The SMILES string of the molecule is O=C(N[C@H]1COc2ccc(Cl)cc2C1)c1cc2n(n1)CCN(CCC(F)(F)F)C2. The molecule has 0 spiro atoms. The smallest absolute Gasteiger partial charge is 0.390 e. The van der Waals surface area contributed by atoms with Gasteiger partial charge in [-0.2, -0.15) is 18.3 Å². The average molecular weight is 429 g/mol. The van der Waals surface area contributed by atoms with E-state index >= 15 is 0 Å². The van der Waals surface area contributed by atoms with Gasteiger partial charge in [0.05, 0.1) is 24.7 Å². The molecule has 1 aromatic heterocycles. The molecule has 29 heavy (non-hydrogen) atoms. The van der Waals surface area contributed by atoms with Crippen LogP contribution in [0.5, 0.6) is 5.75 Å². The number of ether oxygens (including phenoxy) is 1. The third-order valence-electron chi connectivity index (χ3n) is 5.09. The number of hydrogen-bond donors (Lipinski definition) is 1. The zero-order chi connectivity index (χ0) is 20.6. The molecule has 1 atom stereocenters. The van der Waals surface area contributed by atoms with Crippen molar-refractivity contribution >= 4 is 17.5 Å². The summed E-state index contributed by atoms with van der Waals surface area (Å²) in [7, 11) is 0. The van der Waals surface area contributed by atoms with Crippen LogP contribution in [0.4, 0.5) is 13.2 Å². The largest absolute Gasteiger partial charge is 0.491 e. The Hall–Kier alpha value is -2.26. The maximum Gasteiger partial charge on any atom is 0.390 e. The molecule has 0 saturated carbocycles. The maximum absolute atomic E-state index is 12.6. The molecular formula is C19H20ClF3N4O2. The molecule has 0 radical (unpaired) electrons. The first-order valence-corrected chi connectivity index (χ1v) is 9.72. The molecule has 0 unspecified atom stereocenters. The molecule has 10 heteroatoms.